The molecule has 2 heterocycles. The Hall–Kier alpha value is -2.09. The third kappa shape index (κ3) is 2.43. The van der Waals surface area contributed by atoms with Gasteiger partial charge < -0.3 is 25.8 Å². The zero-order chi connectivity index (χ0) is 13.1. The van der Waals surface area contributed by atoms with Crippen LogP contribution < -0.4 is 21.1 Å². The van der Waals surface area contributed by atoms with E-state index in [9.17, 15) is 4.79 Å². The number of hydrogen-bond donors (Lipinski definition) is 2. The van der Waals surface area contributed by atoms with Gasteiger partial charge in [0.1, 0.15) is 11.9 Å². The standard InChI is InChI=1S/C10H15N5O3/c1-17-8-4-7(13-10(12)14-8)15-2-3-18-5-6(15)9(11)16/h4,6H,2-3,5H2,1H3,(H2,11,16)(H2,12,13,14). The first-order chi connectivity index (χ1) is 8.61. The lowest BCUT2D eigenvalue weighted by molar-refractivity contribution is -0.121. The van der Waals surface area contributed by atoms with Crippen molar-refractivity contribution in [2.75, 3.05) is 37.5 Å². The molecule has 0 saturated carbocycles. The average Bonchev–Trinajstić information content (AvgIpc) is 2.38. The van der Waals surface area contributed by atoms with Gasteiger partial charge in [-0.1, -0.05) is 0 Å². The Morgan fingerprint density at radius 3 is 3.06 bits per heavy atom. The van der Waals surface area contributed by atoms with Crippen LogP contribution in [0.4, 0.5) is 11.8 Å². The molecule has 0 radical (unpaired) electrons. The number of primary amides is 1. The van der Waals surface area contributed by atoms with Gasteiger partial charge >= 0.3 is 0 Å². The van der Waals surface area contributed by atoms with Crippen LogP contribution in [0.2, 0.25) is 0 Å². The molecule has 1 aliphatic heterocycles. The van der Waals surface area contributed by atoms with Crippen molar-refractivity contribution in [1.29, 1.82) is 0 Å². The van der Waals surface area contributed by atoms with Crippen LogP contribution in [0.1, 0.15) is 0 Å². The molecule has 1 aromatic rings. The molecule has 98 valence electrons. The second kappa shape index (κ2) is 5.05. The highest BCUT2D eigenvalue weighted by atomic mass is 16.5. The fraction of sp³-hybridized carbons (Fsp3) is 0.500. The minimum atomic E-state index is -0.558. The highest BCUT2D eigenvalue weighted by Gasteiger charge is 2.29. The van der Waals surface area contributed by atoms with E-state index in [4.69, 9.17) is 20.9 Å². The van der Waals surface area contributed by atoms with E-state index in [2.05, 4.69) is 9.97 Å². The number of carbonyl (C=O) groups excluding carboxylic acids is 1. The van der Waals surface area contributed by atoms with Crippen molar-refractivity contribution in [3.63, 3.8) is 0 Å². The number of nitrogens with two attached hydrogens (primary N) is 2. The molecule has 8 nitrogen and oxygen atoms in total. The summed E-state index contributed by atoms with van der Waals surface area (Å²) in [5.41, 5.74) is 10.9. The lowest BCUT2D eigenvalue weighted by Gasteiger charge is -2.34. The molecule has 0 spiro atoms. The van der Waals surface area contributed by atoms with E-state index in [-0.39, 0.29) is 12.6 Å². The summed E-state index contributed by atoms with van der Waals surface area (Å²) in [6.07, 6.45) is 0. The number of nitrogens with zero attached hydrogens (tertiary/aromatic N) is 3. The number of ether oxygens (including phenoxy) is 2. The largest absolute Gasteiger partial charge is 0.481 e. The van der Waals surface area contributed by atoms with Crippen molar-refractivity contribution in [3.8, 4) is 5.88 Å². The summed E-state index contributed by atoms with van der Waals surface area (Å²) in [5.74, 6) is 0.462. The molecule has 4 N–H and O–H groups in total. The predicted molar refractivity (Wildman–Crippen MR) is 64.1 cm³/mol. The van der Waals surface area contributed by atoms with Crippen molar-refractivity contribution >= 4 is 17.7 Å². The average molecular weight is 253 g/mol. The Labute approximate surface area is 104 Å². The molecule has 1 saturated heterocycles. The first kappa shape index (κ1) is 12.4. The molecular formula is C10H15N5O3. The Balaban J connectivity index is 2.33. The minimum Gasteiger partial charge on any atom is -0.481 e. The van der Waals surface area contributed by atoms with E-state index >= 15 is 0 Å². The number of amides is 1. The van der Waals surface area contributed by atoms with Gasteiger partial charge in [-0.05, 0) is 0 Å². The molecule has 18 heavy (non-hydrogen) atoms. The van der Waals surface area contributed by atoms with E-state index in [1.54, 1.807) is 11.0 Å². The Morgan fingerprint density at radius 1 is 1.61 bits per heavy atom. The molecule has 2 rings (SSSR count). The van der Waals surface area contributed by atoms with Crippen LogP contribution in [0.5, 0.6) is 5.88 Å². The number of morpholine rings is 1. The summed E-state index contributed by atoms with van der Waals surface area (Å²) in [5, 5.41) is 0. The smallest absolute Gasteiger partial charge is 0.242 e. The van der Waals surface area contributed by atoms with Gasteiger partial charge in [0.15, 0.2) is 0 Å². The first-order valence-corrected chi connectivity index (χ1v) is 5.44. The fourth-order valence-electron chi connectivity index (χ4n) is 1.80. The molecule has 1 aromatic heterocycles. The van der Waals surface area contributed by atoms with Crippen LogP contribution >= 0.6 is 0 Å². The lowest BCUT2D eigenvalue weighted by Crippen LogP contribution is -2.53. The number of methoxy groups -OCH3 is 1. The summed E-state index contributed by atoms with van der Waals surface area (Å²) in [6.45, 7) is 1.24. The van der Waals surface area contributed by atoms with E-state index in [0.717, 1.165) is 0 Å². The van der Waals surface area contributed by atoms with Crippen molar-refractivity contribution in [3.05, 3.63) is 6.07 Å². The predicted octanol–water partition coefficient (Wildman–Crippen LogP) is -1.24. The molecule has 1 aliphatic rings. The third-order valence-electron chi connectivity index (χ3n) is 2.67. The quantitative estimate of drug-likeness (QED) is 0.691. The molecule has 1 amide bonds. The van der Waals surface area contributed by atoms with Crippen LogP contribution in [0.25, 0.3) is 0 Å². The maximum Gasteiger partial charge on any atom is 0.242 e. The second-order valence-electron chi connectivity index (χ2n) is 3.81. The van der Waals surface area contributed by atoms with Gasteiger partial charge in [-0.25, -0.2) is 0 Å². The molecule has 0 bridgehead atoms. The summed E-state index contributed by atoms with van der Waals surface area (Å²) in [4.78, 5) is 21.1. The van der Waals surface area contributed by atoms with Crippen LogP contribution in [-0.2, 0) is 9.53 Å². The second-order valence-corrected chi connectivity index (χ2v) is 3.81. The molecule has 1 fully saturated rings. The Bertz CT molecular complexity index is 453. The third-order valence-corrected chi connectivity index (χ3v) is 2.67. The SMILES string of the molecule is COc1cc(N2CCOCC2C(N)=O)nc(N)n1. The Kier molecular flexibility index (Phi) is 3.47. The fourth-order valence-corrected chi connectivity index (χ4v) is 1.80. The molecular weight excluding hydrogens is 238 g/mol. The van der Waals surface area contributed by atoms with Gasteiger partial charge in [0.2, 0.25) is 17.7 Å². The van der Waals surface area contributed by atoms with Gasteiger partial charge in [0.25, 0.3) is 0 Å². The molecule has 8 heteroatoms. The monoisotopic (exact) mass is 253 g/mol. The van der Waals surface area contributed by atoms with Crippen molar-refractivity contribution in [1.82, 2.24) is 9.97 Å². The van der Waals surface area contributed by atoms with Crippen molar-refractivity contribution in [2.45, 2.75) is 6.04 Å². The van der Waals surface area contributed by atoms with E-state index in [0.29, 0.717) is 24.8 Å². The normalized spacial score (nSPS) is 19.6. The molecule has 1 atom stereocenters. The Morgan fingerprint density at radius 2 is 2.39 bits per heavy atom. The molecule has 1 unspecified atom stereocenters. The first-order valence-electron chi connectivity index (χ1n) is 5.44. The molecule has 0 aromatic carbocycles. The van der Waals surface area contributed by atoms with Gasteiger partial charge in [-0.15, -0.1) is 0 Å². The maximum atomic E-state index is 11.4. The van der Waals surface area contributed by atoms with Crippen molar-refractivity contribution < 1.29 is 14.3 Å². The van der Waals surface area contributed by atoms with E-state index < -0.39 is 11.9 Å². The maximum absolute atomic E-state index is 11.4. The summed E-state index contributed by atoms with van der Waals surface area (Å²) >= 11 is 0. The van der Waals surface area contributed by atoms with Gasteiger partial charge in [-0.3, -0.25) is 4.79 Å². The molecule has 0 aliphatic carbocycles. The van der Waals surface area contributed by atoms with Crippen LogP contribution in [0.3, 0.4) is 0 Å². The van der Waals surface area contributed by atoms with Crippen LogP contribution in [-0.4, -0.2) is 48.8 Å². The number of rotatable bonds is 3. The minimum absolute atomic E-state index is 0.0825. The van der Waals surface area contributed by atoms with Gasteiger partial charge in [-0.2, -0.15) is 9.97 Å². The number of nitrogen functional groups attached to an aromatic ring is 1. The number of aromatic nitrogens is 2. The highest BCUT2D eigenvalue weighted by Crippen LogP contribution is 2.22. The van der Waals surface area contributed by atoms with Crippen LogP contribution in [0, 0.1) is 0 Å². The van der Waals surface area contributed by atoms with Crippen LogP contribution in [0.15, 0.2) is 6.07 Å². The number of anilines is 2. The zero-order valence-corrected chi connectivity index (χ0v) is 10.00. The van der Waals surface area contributed by atoms with Gasteiger partial charge in [0.05, 0.1) is 20.3 Å². The number of hydrogen-bond acceptors (Lipinski definition) is 7. The van der Waals surface area contributed by atoms with Crippen molar-refractivity contribution in [2.24, 2.45) is 5.73 Å². The van der Waals surface area contributed by atoms with Gasteiger partial charge in [0, 0.05) is 12.6 Å². The summed E-state index contributed by atoms with van der Waals surface area (Å²) in [6, 6.07) is 1.05. The van der Waals surface area contributed by atoms with E-state index in [1.807, 2.05) is 0 Å². The summed E-state index contributed by atoms with van der Waals surface area (Å²) in [7, 11) is 1.48. The topological polar surface area (TPSA) is 117 Å². The lowest BCUT2D eigenvalue weighted by atomic mass is 10.2. The highest BCUT2D eigenvalue weighted by molar-refractivity contribution is 5.83. The summed E-state index contributed by atoms with van der Waals surface area (Å²) < 4.78 is 10.3. The number of carbonyl (C=O) groups is 1. The van der Waals surface area contributed by atoms with E-state index in [1.165, 1.54) is 7.11 Å². The zero-order valence-electron chi connectivity index (χ0n) is 10.00.